The Labute approximate surface area is 124 Å². The molecule has 0 fully saturated rings. The van der Waals surface area contributed by atoms with Crippen molar-refractivity contribution in [2.24, 2.45) is 0 Å². The number of aryl methyl sites for hydroxylation is 1. The molecular weight excluding hydrogens is 326 g/mol. The van der Waals surface area contributed by atoms with Crippen molar-refractivity contribution in [3.05, 3.63) is 56.5 Å². The first-order chi connectivity index (χ1) is 9.51. The number of hydrogen-bond donors (Lipinski definition) is 0. The van der Waals surface area contributed by atoms with E-state index in [0.29, 0.717) is 11.5 Å². The summed E-state index contributed by atoms with van der Waals surface area (Å²) in [5, 5.41) is 11.1. The van der Waals surface area contributed by atoms with Gasteiger partial charge in [-0.05, 0) is 42.8 Å². The first-order valence-corrected chi connectivity index (χ1v) is 6.57. The Kier molecular flexibility index (Phi) is 4.24. The molecule has 0 heterocycles. The number of nitro groups is 1. The van der Waals surface area contributed by atoms with E-state index in [1.54, 1.807) is 12.1 Å². The SMILES string of the molecule is COc1ccc(Oc2ccc(Br)cc2C)c([N+](=O)[O-])c1. The van der Waals surface area contributed by atoms with Crippen molar-refractivity contribution in [2.75, 3.05) is 7.11 Å². The Morgan fingerprint density at radius 2 is 1.85 bits per heavy atom. The van der Waals surface area contributed by atoms with Crippen molar-refractivity contribution in [1.82, 2.24) is 0 Å². The van der Waals surface area contributed by atoms with Crippen molar-refractivity contribution < 1.29 is 14.4 Å². The van der Waals surface area contributed by atoms with Gasteiger partial charge in [0.2, 0.25) is 5.75 Å². The number of benzene rings is 2. The van der Waals surface area contributed by atoms with Gasteiger partial charge >= 0.3 is 5.69 Å². The van der Waals surface area contributed by atoms with E-state index in [1.165, 1.54) is 19.2 Å². The number of methoxy groups -OCH3 is 1. The summed E-state index contributed by atoms with van der Waals surface area (Å²) in [4.78, 5) is 10.6. The summed E-state index contributed by atoms with van der Waals surface area (Å²) in [6, 6.07) is 9.94. The lowest BCUT2D eigenvalue weighted by Crippen LogP contribution is -1.95. The zero-order chi connectivity index (χ0) is 14.7. The van der Waals surface area contributed by atoms with Gasteiger partial charge in [0.15, 0.2) is 0 Å². The minimum Gasteiger partial charge on any atom is -0.496 e. The van der Waals surface area contributed by atoms with Gasteiger partial charge in [0, 0.05) is 4.47 Å². The van der Waals surface area contributed by atoms with Crippen LogP contribution in [-0.4, -0.2) is 12.0 Å². The van der Waals surface area contributed by atoms with Crippen LogP contribution in [0, 0.1) is 17.0 Å². The summed E-state index contributed by atoms with van der Waals surface area (Å²) in [7, 11) is 1.46. The number of halogens is 1. The van der Waals surface area contributed by atoms with E-state index in [1.807, 2.05) is 19.1 Å². The molecule has 0 aliphatic carbocycles. The number of ether oxygens (including phenoxy) is 2. The molecule has 0 saturated heterocycles. The van der Waals surface area contributed by atoms with Crippen molar-refractivity contribution in [3.8, 4) is 17.2 Å². The van der Waals surface area contributed by atoms with E-state index in [-0.39, 0.29) is 11.4 Å². The highest BCUT2D eigenvalue weighted by Gasteiger charge is 2.17. The van der Waals surface area contributed by atoms with Gasteiger partial charge in [0.05, 0.1) is 18.1 Å². The van der Waals surface area contributed by atoms with Gasteiger partial charge in [-0.25, -0.2) is 0 Å². The fourth-order valence-electron chi connectivity index (χ4n) is 1.70. The summed E-state index contributed by atoms with van der Waals surface area (Å²) >= 11 is 3.36. The topological polar surface area (TPSA) is 61.6 Å². The average Bonchev–Trinajstić information content (AvgIpc) is 2.42. The van der Waals surface area contributed by atoms with Crippen LogP contribution in [0.5, 0.6) is 17.2 Å². The first-order valence-electron chi connectivity index (χ1n) is 5.77. The van der Waals surface area contributed by atoms with Crippen LogP contribution < -0.4 is 9.47 Å². The van der Waals surface area contributed by atoms with Crippen molar-refractivity contribution in [3.63, 3.8) is 0 Å². The monoisotopic (exact) mass is 337 g/mol. The summed E-state index contributed by atoms with van der Waals surface area (Å²) in [5.74, 6) is 1.17. The second-order valence-electron chi connectivity index (χ2n) is 4.10. The molecule has 0 atom stereocenters. The fourth-order valence-corrected chi connectivity index (χ4v) is 2.17. The minimum atomic E-state index is -0.494. The van der Waals surface area contributed by atoms with E-state index >= 15 is 0 Å². The predicted molar refractivity (Wildman–Crippen MR) is 78.6 cm³/mol. The summed E-state index contributed by atoms with van der Waals surface area (Å²) in [6.07, 6.45) is 0. The molecule has 0 aliphatic rings. The van der Waals surface area contributed by atoms with Crippen LogP contribution >= 0.6 is 15.9 Å². The van der Waals surface area contributed by atoms with E-state index in [0.717, 1.165) is 10.0 Å². The molecular formula is C14H12BrNO4. The van der Waals surface area contributed by atoms with Crippen molar-refractivity contribution >= 4 is 21.6 Å². The maximum absolute atomic E-state index is 11.1. The second-order valence-corrected chi connectivity index (χ2v) is 5.02. The highest BCUT2D eigenvalue weighted by atomic mass is 79.9. The minimum absolute atomic E-state index is 0.133. The Morgan fingerprint density at radius 3 is 2.45 bits per heavy atom. The van der Waals surface area contributed by atoms with Gasteiger partial charge in [0.25, 0.3) is 0 Å². The lowest BCUT2D eigenvalue weighted by atomic mass is 10.2. The van der Waals surface area contributed by atoms with E-state index in [9.17, 15) is 10.1 Å². The van der Waals surface area contributed by atoms with Gasteiger partial charge < -0.3 is 9.47 Å². The summed E-state index contributed by atoms with van der Waals surface area (Å²) in [5.41, 5.74) is 0.746. The molecule has 2 aromatic rings. The molecule has 0 aromatic heterocycles. The molecule has 5 nitrogen and oxygen atoms in total. The largest absolute Gasteiger partial charge is 0.496 e. The summed E-state index contributed by atoms with van der Waals surface area (Å²) < 4.78 is 11.5. The predicted octanol–water partition coefficient (Wildman–Crippen LogP) is 4.47. The lowest BCUT2D eigenvalue weighted by Gasteiger charge is -2.10. The Balaban J connectivity index is 2.40. The standard InChI is InChI=1S/C14H12BrNO4/c1-9-7-10(15)3-5-13(9)20-14-6-4-11(19-2)8-12(14)16(17)18/h3-8H,1-2H3. The van der Waals surface area contributed by atoms with Gasteiger partial charge in [-0.3, -0.25) is 10.1 Å². The van der Waals surface area contributed by atoms with Gasteiger partial charge in [-0.15, -0.1) is 0 Å². The van der Waals surface area contributed by atoms with Crippen LogP contribution in [0.3, 0.4) is 0 Å². The normalized spacial score (nSPS) is 10.2. The number of hydrogen-bond acceptors (Lipinski definition) is 4. The smallest absolute Gasteiger partial charge is 0.315 e. The third-order valence-electron chi connectivity index (χ3n) is 2.72. The number of nitrogens with zero attached hydrogens (tertiary/aromatic N) is 1. The zero-order valence-corrected chi connectivity index (χ0v) is 12.5. The third kappa shape index (κ3) is 3.08. The maximum Gasteiger partial charge on any atom is 0.315 e. The van der Waals surface area contributed by atoms with Gasteiger partial charge in [0.1, 0.15) is 11.5 Å². The zero-order valence-electron chi connectivity index (χ0n) is 10.9. The molecule has 0 unspecified atom stereocenters. The molecule has 0 N–H and O–H groups in total. The van der Waals surface area contributed by atoms with Crippen molar-refractivity contribution in [1.29, 1.82) is 0 Å². The molecule has 0 saturated carbocycles. The molecule has 0 aliphatic heterocycles. The van der Waals surface area contributed by atoms with Crippen LogP contribution in [0.2, 0.25) is 0 Å². The molecule has 0 radical (unpaired) electrons. The van der Waals surface area contributed by atoms with E-state index in [2.05, 4.69) is 15.9 Å². The Bertz CT molecular complexity index is 658. The second kappa shape index (κ2) is 5.92. The van der Waals surface area contributed by atoms with Gasteiger partial charge in [-0.2, -0.15) is 0 Å². The average molecular weight is 338 g/mol. The van der Waals surface area contributed by atoms with Crippen LogP contribution in [0.4, 0.5) is 5.69 Å². The molecule has 0 spiro atoms. The summed E-state index contributed by atoms with van der Waals surface area (Å²) in [6.45, 7) is 1.87. The molecule has 0 amide bonds. The molecule has 104 valence electrons. The van der Waals surface area contributed by atoms with Crippen LogP contribution in [0.25, 0.3) is 0 Å². The number of rotatable bonds is 4. The van der Waals surface area contributed by atoms with Crippen molar-refractivity contribution in [2.45, 2.75) is 6.92 Å². The van der Waals surface area contributed by atoms with Gasteiger partial charge in [-0.1, -0.05) is 15.9 Å². The molecule has 2 aromatic carbocycles. The molecule has 20 heavy (non-hydrogen) atoms. The lowest BCUT2D eigenvalue weighted by molar-refractivity contribution is -0.385. The Morgan fingerprint density at radius 1 is 1.15 bits per heavy atom. The highest BCUT2D eigenvalue weighted by Crippen LogP contribution is 2.35. The molecule has 6 heteroatoms. The van der Waals surface area contributed by atoms with E-state index < -0.39 is 4.92 Å². The van der Waals surface area contributed by atoms with E-state index in [4.69, 9.17) is 9.47 Å². The Hall–Kier alpha value is -2.08. The maximum atomic E-state index is 11.1. The molecule has 0 bridgehead atoms. The quantitative estimate of drug-likeness (QED) is 0.610. The third-order valence-corrected chi connectivity index (χ3v) is 3.21. The van der Waals surface area contributed by atoms with Crippen LogP contribution in [0.15, 0.2) is 40.9 Å². The highest BCUT2D eigenvalue weighted by molar-refractivity contribution is 9.10. The van der Waals surface area contributed by atoms with Crippen LogP contribution in [-0.2, 0) is 0 Å². The molecule has 2 rings (SSSR count). The first kappa shape index (κ1) is 14.3. The van der Waals surface area contributed by atoms with Crippen LogP contribution in [0.1, 0.15) is 5.56 Å². The number of nitro benzene ring substituents is 1. The fraction of sp³-hybridized carbons (Fsp3) is 0.143.